The van der Waals surface area contributed by atoms with Crippen LogP contribution >= 0.6 is 11.6 Å². The standard InChI is InChI=1S/C25H25ClN2O3/c1-14-18(26)8-5-9-19(14)27-23(29)20(12-15-6-3-2-4-7-15)28-24(30)21-16-10-11-17(13-16)22(21)25(28)31/h2-9,16-17,20-22H,10-13H2,1H3,(H,27,29)/t16-,17+,20-,21+,22+/m1/s1. The lowest BCUT2D eigenvalue weighted by atomic mass is 9.81. The molecule has 1 saturated heterocycles. The molecule has 0 radical (unpaired) electrons. The summed E-state index contributed by atoms with van der Waals surface area (Å²) in [6.45, 7) is 1.83. The predicted molar refractivity (Wildman–Crippen MR) is 118 cm³/mol. The fraction of sp³-hybridized carbons (Fsp3) is 0.400. The van der Waals surface area contributed by atoms with Crippen molar-refractivity contribution in [3.8, 4) is 0 Å². The van der Waals surface area contributed by atoms with Gasteiger partial charge in [-0.25, -0.2) is 0 Å². The zero-order chi connectivity index (χ0) is 21.7. The lowest BCUT2D eigenvalue weighted by Crippen LogP contribution is -2.49. The lowest BCUT2D eigenvalue weighted by Gasteiger charge is -2.27. The third-order valence-electron chi connectivity index (χ3n) is 7.37. The molecule has 0 aromatic heterocycles. The molecule has 3 amide bonds. The van der Waals surface area contributed by atoms with E-state index in [4.69, 9.17) is 11.6 Å². The van der Waals surface area contributed by atoms with Gasteiger partial charge >= 0.3 is 0 Å². The van der Waals surface area contributed by atoms with E-state index >= 15 is 0 Å². The Bertz CT molecular complexity index is 1030. The summed E-state index contributed by atoms with van der Waals surface area (Å²) in [4.78, 5) is 41.5. The van der Waals surface area contributed by atoms with Crippen molar-refractivity contribution in [1.82, 2.24) is 4.90 Å². The van der Waals surface area contributed by atoms with Gasteiger partial charge in [0.25, 0.3) is 0 Å². The number of halogens is 1. The summed E-state index contributed by atoms with van der Waals surface area (Å²) in [6.07, 6.45) is 3.28. The van der Waals surface area contributed by atoms with E-state index in [1.807, 2.05) is 37.3 Å². The molecule has 5 nitrogen and oxygen atoms in total. The fourth-order valence-electron chi connectivity index (χ4n) is 5.84. The first-order valence-electron chi connectivity index (χ1n) is 10.9. The molecule has 5 atom stereocenters. The van der Waals surface area contributed by atoms with E-state index in [2.05, 4.69) is 5.32 Å². The second-order valence-electron chi connectivity index (χ2n) is 9.04. The van der Waals surface area contributed by atoms with Gasteiger partial charge in [-0.1, -0.05) is 48.0 Å². The fourth-order valence-corrected chi connectivity index (χ4v) is 6.01. The van der Waals surface area contributed by atoms with Gasteiger partial charge in [-0.05, 0) is 61.3 Å². The topological polar surface area (TPSA) is 66.5 Å². The van der Waals surface area contributed by atoms with E-state index < -0.39 is 6.04 Å². The maximum Gasteiger partial charge on any atom is 0.248 e. The number of benzene rings is 2. The van der Waals surface area contributed by atoms with Crippen molar-refractivity contribution in [1.29, 1.82) is 0 Å². The predicted octanol–water partition coefficient (Wildman–Crippen LogP) is 4.23. The maximum absolute atomic E-state index is 13.5. The van der Waals surface area contributed by atoms with Crippen molar-refractivity contribution in [3.05, 3.63) is 64.7 Å². The van der Waals surface area contributed by atoms with Gasteiger partial charge in [-0.15, -0.1) is 0 Å². The number of nitrogens with one attached hydrogen (secondary N) is 1. The third-order valence-corrected chi connectivity index (χ3v) is 7.78. The van der Waals surface area contributed by atoms with Crippen LogP contribution in [0.15, 0.2) is 48.5 Å². The molecule has 5 rings (SSSR count). The summed E-state index contributed by atoms with van der Waals surface area (Å²) in [5.41, 5.74) is 2.26. The largest absolute Gasteiger partial charge is 0.324 e. The lowest BCUT2D eigenvalue weighted by molar-refractivity contribution is -0.147. The summed E-state index contributed by atoms with van der Waals surface area (Å²) in [5.74, 6) is -0.611. The second-order valence-corrected chi connectivity index (χ2v) is 9.45. The minimum absolute atomic E-state index is 0.166. The number of imide groups is 1. The van der Waals surface area contributed by atoms with Crippen LogP contribution in [-0.4, -0.2) is 28.7 Å². The molecule has 0 unspecified atom stereocenters. The highest BCUT2D eigenvalue weighted by molar-refractivity contribution is 6.31. The highest BCUT2D eigenvalue weighted by Crippen LogP contribution is 2.56. The summed E-state index contributed by atoms with van der Waals surface area (Å²) in [5, 5.41) is 3.48. The summed E-state index contributed by atoms with van der Waals surface area (Å²) in [6, 6.07) is 14.0. The molecule has 1 heterocycles. The Kier molecular flexibility index (Phi) is 5.09. The van der Waals surface area contributed by atoms with Crippen LogP contribution in [0.4, 0.5) is 5.69 Å². The normalized spacial score (nSPS) is 27.5. The number of carbonyl (C=O) groups is 3. The molecule has 2 aromatic carbocycles. The molecule has 3 fully saturated rings. The Morgan fingerprint density at radius 3 is 2.32 bits per heavy atom. The molecule has 2 saturated carbocycles. The summed E-state index contributed by atoms with van der Waals surface area (Å²) in [7, 11) is 0. The monoisotopic (exact) mass is 436 g/mol. The molecule has 31 heavy (non-hydrogen) atoms. The van der Waals surface area contributed by atoms with E-state index in [1.165, 1.54) is 4.90 Å². The average Bonchev–Trinajstić information content (AvgIpc) is 3.45. The van der Waals surface area contributed by atoms with Gasteiger partial charge in [0.15, 0.2) is 0 Å². The Labute approximate surface area is 186 Å². The van der Waals surface area contributed by atoms with Crippen LogP contribution in [0.3, 0.4) is 0 Å². The zero-order valence-electron chi connectivity index (χ0n) is 17.4. The van der Waals surface area contributed by atoms with Gasteiger partial charge in [0.1, 0.15) is 6.04 Å². The molecule has 1 aliphatic heterocycles. The van der Waals surface area contributed by atoms with Crippen molar-refractivity contribution < 1.29 is 14.4 Å². The quantitative estimate of drug-likeness (QED) is 0.713. The highest BCUT2D eigenvalue weighted by atomic mass is 35.5. The number of nitrogens with zero attached hydrogens (tertiary/aromatic N) is 1. The van der Waals surface area contributed by atoms with Gasteiger partial charge in [-0.2, -0.15) is 0 Å². The molecule has 0 spiro atoms. The molecule has 2 aliphatic carbocycles. The Hall–Kier alpha value is -2.66. The van der Waals surface area contributed by atoms with E-state index in [0.717, 1.165) is 30.4 Å². The van der Waals surface area contributed by atoms with Gasteiger partial charge in [0.05, 0.1) is 11.8 Å². The Morgan fingerprint density at radius 2 is 1.68 bits per heavy atom. The molecule has 3 aliphatic rings. The molecule has 1 N–H and O–H groups in total. The maximum atomic E-state index is 13.5. The smallest absolute Gasteiger partial charge is 0.248 e. The molecular formula is C25H25ClN2O3. The number of carbonyl (C=O) groups excluding carboxylic acids is 3. The number of hydrogen-bond acceptors (Lipinski definition) is 3. The first kappa shape index (κ1) is 20.3. The molecular weight excluding hydrogens is 412 g/mol. The van der Waals surface area contributed by atoms with Gasteiger partial charge in [0.2, 0.25) is 17.7 Å². The second kappa shape index (κ2) is 7.79. The van der Waals surface area contributed by atoms with E-state index in [-0.39, 0.29) is 41.4 Å². The number of hydrogen-bond donors (Lipinski definition) is 1. The van der Waals surface area contributed by atoms with Gasteiger partial charge in [0, 0.05) is 17.1 Å². The first-order chi connectivity index (χ1) is 15.0. The molecule has 2 bridgehead atoms. The van der Waals surface area contributed by atoms with Crippen LogP contribution < -0.4 is 5.32 Å². The van der Waals surface area contributed by atoms with Crippen LogP contribution in [0.5, 0.6) is 0 Å². The van der Waals surface area contributed by atoms with Gasteiger partial charge < -0.3 is 5.32 Å². The minimum Gasteiger partial charge on any atom is -0.324 e. The van der Waals surface area contributed by atoms with Crippen molar-refractivity contribution in [3.63, 3.8) is 0 Å². The van der Waals surface area contributed by atoms with Crippen LogP contribution in [-0.2, 0) is 20.8 Å². The molecule has 6 heteroatoms. The van der Waals surface area contributed by atoms with E-state index in [1.54, 1.807) is 18.2 Å². The van der Waals surface area contributed by atoms with E-state index in [0.29, 0.717) is 17.1 Å². The SMILES string of the molecule is Cc1c(Cl)cccc1NC(=O)[C@@H](Cc1ccccc1)N1C(=O)[C@H]2[C@@H]3CC[C@@H](C3)[C@@H]2C1=O. The highest BCUT2D eigenvalue weighted by Gasteiger charge is 2.62. The van der Waals surface area contributed by atoms with Crippen molar-refractivity contribution in [2.24, 2.45) is 23.7 Å². The zero-order valence-corrected chi connectivity index (χ0v) is 18.1. The summed E-state index contributed by atoms with van der Waals surface area (Å²) >= 11 is 6.21. The van der Waals surface area contributed by atoms with Crippen molar-refractivity contribution in [2.45, 2.75) is 38.6 Å². The van der Waals surface area contributed by atoms with E-state index in [9.17, 15) is 14.4 Å². The third kappa shape index (κ3) is 3.35. The first-order valence-corrected chi connectivity index (χ1v) is 11.3. The Balaban J connectivity index is 1.47. The van der Waals surface area contributed by atoms with Crippen molar-refractivity contribution >= 4 is 35.0 Å². The number of amides is 3. The van der Waals surface area contributed by atoms with Gasteiger partial charge in [-0.3, -0.25) is 19.3 Å². The minimum atomic E-state index is -0.884. The number of anilines is 1. The number of fused-ring (bicyclic) bond motifs is 5. The molecule has 160 valence electrons. The molecule has 2 aromatic rings. The van der Waals surface area contributed by atoms with Crippen molar-refractivity contribution in [2.75, 3.05) is 5.32 Å². The average molecular weight is 437 g/mol. The number of likely N-dealkylation sites (tertiary alicyclic amines) is 1. The van der Waals surface area contributed by atoms with Crippen LogP contribution in [0.1, 0.15) is 30.4 Å². The summed E-state index contributed by atoms with van der Waals surface area (Å²) < 4.78 is 0. The van der Waals surface area contributed by atoms with Crippen LogP contribution in [0.25, 0.3) is 0 Å². The van der Waals surface area contributed by atoms with Crippen LogP contribution in [0.2, 0.25) is 5.02 Å². The van der Waals surface area contributed by atoms with Crippen LogP contribution in [0, 0.1) is 30.6 Å². The Morgan fingerprint density at radius 1 is 1.03 bits per heavy atom. The number of rotatable bonds is 5.